The molecule has 0 aromatic heterocycles. The first-order valence-electron chi connectivity index (χ1n) is 13.3. The molecule has 0 radical (unpaired) electrons. The largest absolute Gasteiger partial charge is 0.507 e. The number of aromatic hydroxyl groups is 2. The number of phenolic OH excluding ortho intramolecular Hbond substituents is 2. The van der Waals surface area contributed by atoms with E-state index in [9.17, 15) is 10.2 Å². The highest BCUT2D eigenvalue weighted by Gasteiger charge is 2.32. The van der Waals surface area contributed by atoms with Crippen molar-refractivity contribution in [1.82, 2.24) is 0 Å². The summed E-state index contributed by atoms with van der Waals surface area (Å²) < 4.78 is 12.9. The average molecular weight is 501 g/mol. The molecule has 35 heavy (non-hydrogen) atoms. The lowest BCUT2D eigenvalue weighted by Gasteiger charge is -2.30. The predicted octanol–water partition coefficient (Wildman–Crippen LogP) is 8.62. The predicted molar refractivity (Wildman–Crippen MR) is 150 cm³/mol. The second-order valence-electron chi connectivity index (χ2n) is 11.3. The van der Waals surface area contributed by atoms with Gasteiger partial charge in [-0.1, -0.05) is 81.3 Å². The lowest BCUT2D eigenvalue weighted by atomic mass is 9.93. The molecular weight excluding hydrogens is 452 g/mol. The second-order valence-corrected chi connectivity index (χ2v) is 16.3. The molecule has 196 valence electrons. The fourth-order valence-electron chi connectivity index (χ4n) is 4.40. The Hall–Kier alpha value is -2.14. The van der Waals surface area contributed by atoms with Crippen molar-refractivity contribution in [3.05, 3.63) is 46.5 Å². The summed E-state index contributed by atoms with van der Waals surface area (Å²) in [6, 6.07) is 10.1. The third-order valence-corrected chi connectivity index (χ3v) is 11.9. The van der Waals surface area contributed by atoms with Crippen molar-refractivity contribution in [1.29, 1.82) is 0 Å². The molecule has 0 saturated heterocycles. The van der Waals surface area contributed by atoms with E-state index < -0.39 is 8.07 Å². The average Bonchev–Trinajstić information content (AvgIpc) is 2.80. The Kier molecular flexibility index (Phi) is 10.1. The standard InChI is InChI=1S/C30H48O4Si/c1-11-35(12-2,17-33-23-13-25(19(3)4)29(31)26(14-23)20(5)6)18-34-24-15-27(21(7)8)30(32)28(16-24)22(9)10/h13-16,19-22,31-32H,11-12,17-18H2,1-10H3. The van der Waals surface area contributed by atoms with E-state index in [1.165, 1.54) is 0 Å². The molecule has 0 heterocycles. The molecule has 4 nitrogen and oxygen atoms in total. The molecule has 0 fully saturated rings. The molecular formula is C30H48O4Si. The van der Waals surface area contributed by atoms with Gasteiger partial charge in [-0.3, -0.25) is 0 Å². The van der Waals surface area contributed by atoms with E-state index in [0.29, 0.717) is 24.0 Å². The van der Waals surface area contributed by atoms with Gasteiger partial charge in [-0.25, -0.2) is 0 Å². The summed E-state index contributed by atoms with van der Waals surface area (Å²) in [7, 11) is -1.88. The molecule has 0 amide bonds. The van der Waals surface area contributed by atoms with Crippen molar-refractivity contribution < 1.29 is 19.7 Å². The lowest BCUT2D eigenvalue weighted by Crippen LogP contribution is -2.46. The minimum Gasteiger partial charge on any atom is -0.507 e. The van der Waals surface area contributed by atoms with E-state index in [2.05, 4.69) is 69.2 Å². The van der Waals surface area contributed by atoms with E-state index in [-0.39, 0.29) is 23.7 Å². The van der Waals surface area contributed by atoms with Crippen molar-refractivity contribution >= 4 is 8.07 Å². The molecule has 0 aliphatic rings. The van der Waals surface area contributed by atoms with Gasteiger partial charge in [-0.2, -0.15) is 0 Å². The fourth-order valence-corrected chi connectivity index (χ4v) is 6.75. The van der Waals surface area contributed by atoms with Crippen LogP contribution in [0.4, 0.5) is 0 Å². The topological polar surface area (TPSA) is 58.9 Å². The molecule has 0 atom stereocenters. The minimum absolute atomic E-state index is 0.221. The van der Waals surface area contributed by atoms with Crippen molar-refractivity contribution in [3.63, 3.8) is 0 Å². The lowest BCUT2D eigenvalue weighted by molar-refractivity contribution is 0.338. The summed E-state index contributed by atoms with van der Waals surface area (Å²) in [5, 5.41) is 21.5. The van der Waals surface area contributed by atoms with Crippen LogP contribution in [0.3, 0.4) is 0 Å². The number of hydrogen-bond acceptors (Lipinski definition) is 4. The highest BCUT2D eigenvalue weighted by Crippen LogP contribution is 2.39. The molecule has 0 spiro atoms. The maximum absolute atomic E-state index is 10.7. The zero-order valence-electron chi connectivity index (χ0n) is 23.7. The quantitative estimate of drug-likeness (QED) is 0.286. The molecule has 2 rings (SSSR count). The van der Waals surface area contributed by atoms with Gasteiger partial charge in [0, 0.05) is 22.3 Å². The van der Waals surface area contributed by atoms with Gasteiger partial charge in [0.25, 0.3) is 0 Å². The number of ether oxygens (including phenoxy) is 2. The van der Waals surface area contributed by atoms with Crippen LogP contribution in [0.2, 0.25) is 12.1 Å². The van der Waals surface area contributed by atoms with Gasteiger partial charge < -0.3 is 19.7 Å². The Balaban J connectivity index is 2.29. The monoisotopic (exact) mass is 500 g/mol. The molecule has 0 saturated carbocycles. The van der Waals surface area contributed by atoms with E-state index >= 15 is 0 Å². The first-order valence-corrected chi connectivity index (χ1v) is 16.2. The Morgan fingerprint density at radius 1 is 0.571 bits per heavy atom. The molecule has 2 N–H and O–H groups in total. The Bertz CT molecular complexity index is 841. The van der Waals surface area contributed by atoms with E-state index in [1.54, 1.807) is 0 Å². The smallest absolute Gasteiger partial charge is 0.141 e. The van der Waals surface area contributed by atoms with Crippen LogP contribution in [0.15, 0.2) is 24.3 Å². The van der Waals surface area contributed by atoms with E-state index in [0.717, 1.165) is 45.8 Å². The van der Waals surface area contributed by atoms with Crippen LogP contribution in [-0.4, -0.2) is 30.7 Å². The van der Waals surface area contributed by atoms with Gasteiger partial charge in [0.15, 0.2) is 0 Å². The SMILES string of the molecule is CC[Si](CC)(COc1cc(C(C)C)c(O)c(C(C)C)c1)COc1cc(C(C)C)c(O)c(C(C)C)c1. The maximum Gasteiger partial charge on any atom is 0.141 e. The third kappa shape index (κ3) is 6.96. The third-order valence-electron chi connectivity index (χ3n) is 7.36. The zero-order valence-corrected chi connectivity index (χ0v) is 24.7. The summed E-state index contributed by atoms with van der Waals surface area (Å²) >= 11 is 0. The van der Waals surface area contributed by atoms with Crippen LogP contribution in [0.25, 0.3) is 0 Å². The number of hydrogen-bond donors (Lipinski definition) is 2. The summed E-state index contributed by atoms with van der Waals surface area (Å²) in [4.78, 5) is 0. The number of benzene rings is 2. The van der Waals surface area contributed by atoms with Crippen LogP contribution in [0.1, 0.15) is 115 Å². The van der Waals surface area contributed by atoms with Gasteiger partial charge in [0.1, 0.15) is 31.1 Å². The van der Waals surface area contributed by atoms with Crippen LogP contribution in [-0.2, 0) is 0 Å². The van der Waals surface area contributed by atoms with Crippen LogP contribution < -0.4 is 9.47 Å². The Morgan fingerprint density at radius 2 is 0.829 bits per heavy atom. The van der Waals surface area contributed by atoms with Crippen molar-refractivity contribution in [2.45, 2.75) is 105 Å². The highest BCUT2D eigenvalue weighted by molar-refractivity contribution is 6.79. The Labute approximate surface area is 214 Å². The van der Waals surface area contributed by atoms with Crippen LogP contribution >= 0.6 is 0 Å². The van der Waals surface area contributed by atoms with E-state index in [1.807, 2.05) is 24.3 Å². The van der Waals surface area contributed by atoms with Crippen molar-refractivity contribution in [2.24, 2.45) is 0 Å². The second kappa shape index (κ2) is 12.2. The van der Waals surface area contributed by atoms with Crippen molar-refractivity contribution in [3.8, 4) is 23.0 Å². The molecule has 2 aromatic carbocycles. The summed E-state index contributed by atoms with van der Waals surface area (Å²) in [5.74, 6) is 3.35. The molecule has 0 bridgehead atoms. The van der Waals surface area contributed by atoms with Gasteiger partial charge in [-0.15, -0.1) is 0 Å². The summed E-state index contributed by atoms with van der Waals surface area (Å²) in [6.45, 7) is 21.3. The fraction of sp³-hybridized carbons (Fsp3) is 0.600. The van der Waals surface area contributed by atoms with Gasteiger partial charge in [-0.05, 0) is 47.9 Å². The molecule has 5 heteroatoms. The Morgan fingerprint density at radius 3 is 1.03 bits per heavy atom. The molecule has 0 aliphatic carbocycles. The highest BCUT2D eigenvalue weighted by atomic mass is 28.3. The maximum atomic E-state index is 10.7. The molecule has 2 aromatic rings. The normalized spacial score (nSPS) is 12.3. The molecule has 0 unspecified atom stereocenters. The first-order chi connectivity index (χ1) is 16.4. The summed E-state index contributed by atoms with van der Waals surface area (Å²) in [5.41, 5.74) is 3.76. The minimum atomic E-state index is -1.88. The molecule has 0 aliphatic heterocycles. The van der Waals surface area contributed by atoms with Crippen molar-refractivity contribution in [2.75, 3.05) is 12.5 Å². The van der Waals surface area contributed by atoms with Crippen LogP contribution in [0, 0.1) is 0 Å². The van der Waals surface area contributed by atoms with Gasteiger partial charge >= 0.3 is 0 Å². The van der Waals surface area contributed by atoms with E-state index in [4.69, 9.17) is 9.47 Å². The number of rotatable bonds is 12. The summed E-state index contributed by atoms with van der Waals surface area (Å²) in [6.07, 6.45) is 1.35. The zero-order chi connectivity index (χ0) is 26.5. The van der Waals surface area contributed by atoms with Crippen LogP contribution in [0.5, 0.6) is 23.0 Å². The van der Waals surface area contributed by atoms with Gasteiger partial charge in [0.2, 0.25) is 0 Å². The van der Waals surface area contributed by atoms with Gasteiger partial charge in [0.05, 0.1) is 12.5 Å². The number of phenols is 2. The first kappa shape index (κ1) is 29.1.